The van der Waals surface area contributed by atoms with Crippen LogP contribution in [0.1, 0.15) is 27.0 Å². The predicted molar refractivity (Wildman–Crippen MR) is 107 cm³/mol. The van der Waals surface area contributed by atoms with Gasteiger partial charge in [0.2, 0.25) is 5.91 Å². The molecule has 0 heterocycles. The second kappa shape index (κ2) is 7.50. The number of carbonyl (C=O) groups excluding carboxylic acids is 2. The van der Waals surface area contributed by atoms with Crippen molar-refractivity contribution in [2.75, 3.05) is 11.9 Å². The lowest BCUT2D eigenvalue weighted by Crippen LogP contribution is -2.33. The first-order valence-electron chi connectivity index (χ1n) is 8.73. The summed E-state index contributed by atoms with van der Waals surface area (Å²) in [6, 6.07) is 14.6. The van der Waals surface area contributed by atoms with Gasteiger partial charge in [-0.2, -0.15) is 0 Å². The van der Waals surface area contributed by atoms with Gasteiger partial charge < -0.3 is 15.7 Å². The smallest absolute Gasteiger partial charge is 0.255 e. The lowest BCUT2D eigenvalue weighted by Gasteiger charge is -2.13. The zero-order chi connectivity index (χ0) is 19.6. The fourth-order valence-electron chi connectivity index (χ4n) is 3.23. The number of aromatic hydroxyl groups is 1. The lowest BCUT2D eigenvalue weighted by atomic mass is 10.0. The molecule has 3 aromatic carbocycles. The third-order valence-electron chi connectivity index (χ3n) is 4.46. The van der Waals surface area contributed by atoms with E-state index in [1.165, 1.54) is 0 Å². The third kappa shape index (κ3) is 4.08. The number of phenols is 1. The number of rotatable bonds is 4. The molecular weight excluding hydrogens is 340 g/mol. The summed E-state index contributed by atoms with van der Waals surface area (Å²) >= 11 is 0. The minimum absolute atomic E-state index is 0.114. The molecular formula is C22H22N2O3. The van der Waals surface area contributed by atoms with Crippen molar-refractivity contribution in [1.82, 2.24) is 5.32 Å². The lowest BCUT2D eigenvalue weighted by molar-refractivity contribution is -0.115. The van der Waals surface area contributed by atoms with Gasteiger partial charge >= 0.3 is 0 Å². The number of carbonyl (C=O) groups is 2. The number of aryl methyl sites for hydroxylation is 3. The summed E-state index contributed by atoms with van der Waals surface area (Å²) in [4.78, 5) is 24.6. The Kier molecular flexibility index (Phi) is 5.12. The van der Waals surface area contributed by atoms with Crippen molar-refractivity contribution in [3.05, 3.63) is 70.8 Å². The van der Waals surface area contributed by atoms with Crippen LogP contribution in [0.15, 0.2) is 48.5 Å². The Morgan fingerprint density at radius 3 is 2.15 bits per heavy atom. The van der Waals surface area contributed by atoms with Gasteiger partial charge in [-0.05, 0) is 54.8 Å². The summed E-state index contributed by atoms with van der Waals surface area (Å²) in [7, 11) is 0. The highest BCUT2D eigenvalue weighted by Crippen LogP contribution is 2.25. The first kappa shape index (κ1) is 18.5. The molecule has 0 saturated heterocycles. The molecule has 0 atom stereocenters. The van der Waals surface area contributed by atoms with Crippen molar-refractivity contribution in [3.63, 3.8) is 0 Å². The Hall–Kier alpha value is -3.34. The molecule has 0 unspecified atom stereocenters. The average molecular weight is 362 g/mol. The minimum Gasteiger partial charge on any atom is -0.507 e. The summed E-state index contributed by atoms with van der Waals surface area (Å²) in [5.74, 6) is -0.929. The fraction of sp³-hybridized carbons (Fsp3) is 0.182. The van der Waals surface area contributed by atoms with E-state index in [1.807, 2.05) is 57.2 Å². The summed E-state index contributed by atoms with van der Waals surface area (Å²) in [5.41, 5.74) is 3.97. The molecule has 0 saturated carbocycles. The van der Waals surface area contributed by atoms with E-state index in [0.29, 0.717) is 0 Å². The van der Waals surface area contributed by atoms with E-state index in [9.17, 15) is 14.7 Å². The number of anilines is 1. The van der Waals surface area contributed by atoms with Gasteiger partial charge in [-0.3, -0.25) is 9.59 Å². The van der Waals surface area contributed by atoms with E-state index < -0.39 is 5.91 Å². The van der Waals surface area contributed by atoms with Gasteiger partial charge in [0.25, 0.3) is 5.91 Å². The molecule has 0 radical (unpaired) electrons. The molecule has 27 heavy (non-hydrogen) atoms. The number of phenolic OH excluding ortho intramolecular Hbond substituents is 1. The number of hydrogen-bond acceptors (Lipinski definition) is 3. The molecule has 0 aliphatic rings. The molecule has 0 aromatic heterocycles. The molecule has 138 valence electrons. The summed E-state index contributed by atoms with van der Waals surface area (Å²) < 4.78 is 0. The highest BCUT2D eigenvalue weighted by molar-refractivity contribution is 6.04. The largest absolute Gasteiger partial charge is 0.507 e. The molecule has 0 spiro atoms. The van der Waals surface area contributed by atoms with Crippen LogP contribution < -0.4 is 10.6 Å². The van der Waals surface area contributed by atoms with Gasteiger partial charge in [0.05, 0.1) is 12.1 Å². The molecule has 0 aliphatic heterocycles. The number of amides is 2. The van der Waals surface area contributed by atoms with Gasteiger partial charge in [0, 0.05) is 5.69 Å². The first-order valence-corrected chi connectivity index (χ1v) is 8.73. The Labute approximate surface area is 158 Å². The van der Waals surface area contributed by atoms with Crippen LogP contribution in [0.3, 0.4) is 0 Å². The van der Waals surface area contributed by atoms with Crippen molar-refractivity contribution in [3.8, 4) is 5.75 Å². The van der Waals surface area contributed by atoms with Crippen molar-refractivity contribution < 1.29 is 14.7 Å². The van der Waals surface area contributed by atoms with Crippen LogP contribution in [0, 0.1) is 20.8 Å². The van der Waals surface area contributed by atoms with Crippen molar-refractivity contribution in [1.29, 1.82) is 0 Å². The van der Waals surface area contributed by atoms with Crippen LogP contribution in [-0.4, -0.2) is 23.5 Å². The average Bonchev–Trinajstić information content (AvgIpc) is 2.62. The number of fused-ring (bicyclic) bond motifs is 1. The van der Waals surface area contributed by atoms with Crippen LogP contribution >= 0.6 is 0 Å². The molecule has 5 heteroatoms. The maximum Gasteiger partial charge on any atom is 0.255 e. The van der Waals surface area contributed by atoms with Gasteiger partial charge in [-0.25, -0.2) is 0 Å². The van der Waals surface area contributed by atoms with Crippen molar-refractivity contribution in [2.45, 2.75) is 20.8 Å². The number of nitrogens with one attached hydrogen (secondary N) is 2. The summed E-state index contributed by atoms with van der Waals surface area (Å²) in [6.07, 6.45) is 0. The highest BCUT2D eigenvalue weighted by atomic mass is 16.3. The second-order valence-electron chi connectivity index (χ2n) is 6.72. The maximum atomic E-state index is 12.4. The van der Waals surface area contributed by atoms with Crippen molar-refractivity contribution >= 4 is 28.3 Å². The summed E-state index contributed by atoms with van der Waals surface area (Å²) in [6.45, 7) is 5.68. The fourth-order valence-corrected chi connectivity index (χ4v) is 3.23. The van der Waals surface area contributed by atoms with E-state index in [-0.39, 0.29) is 23.8 Å². The molecule has 0 aliphatic carbocycles. The SMILES string of the molecule is Cc1cc(C)c(NC(=O)CNC(=O)c2cc3ccccc3cc2O)c(C)c1. The van der Waals surface area contributed by atoms with E-state index in [2.05, 4.69) is 10.6 Å². The van der Waals surface area contributed by atoms with Crippen LogP contribution in [-0.2, 0) is 4.79 Å². The zero-order valence-electron chi connectivity index (χ0n) is 15.6. The predicted octanol–water partition coefficient (Wildman–Crippen LogP) is 3.84. The minimum atomic E-state index is -0.495. The van der Waals surface area contributed by atoms with Crippen LogP contribution in [0.5, 0.6) is 5.75 Å². The second-order valence-corrected chi connectivity index (χ2v) is 6.72. The molecule has 3 rings (SSSR count). The third-order valence-corrected chi connectivity index (χ3v) is 4.46. The van der Waals surface area contributed by atoms with Gasteiger partial charge in [0.1, 0.15) is 5.75 Å². The Morgan fingerprint density at radius 2 is 1.52 bits per heavy atom. The van der Waals surface area contributed by atoms with Crippen molar-refractivity contribution in [2.24, 2.45) is 0 Å². The maximum absolute atomic E-state index is 12.4. The molecule has 0 fully saturated rings. The van der Waals surface area contributed by atoms with E-state index in [4.69, 9.17) is 0 Å². The molecule has 0 bridgehead atoms. The topological polar surface area (TPSA) is 78.4 Å². The van der Waals surface area contributed by atoms with E-state index in [1.54, 1.807) is 12.1 Å². The van der Waals surface area contributed by atoms with Gasteiger partial charge in [-0.15, -0.1) is 0 Å². The molecule has 3 aromatic rings. The quantitative estimate of drug-likeness (QED) is 0.660. The van der Waals surface area contributed by atoms with E-state index >= 15 is 0 Å². The molecule has 5 nitrogen and oxygen atoms in total. The number of benzene rings is 3. The monoisotopic (exact) mass is 362 g/mol. The Balaban J connectivity index is 1.69. The van der Waals surface area contributed by atoms with Gasteiger partial charge in [-0.1, -0.05) is 42.0 Å². The van der Waals surface area contributed by atoms with Crippen LogP contribution in [0.4, 0.5) is 5.69 Å². The molecule has 3 N–H and O–H groups in total. The Morgan fingerprint density at radius 1 is 0.926 bits per heavy atom. The van der Waals surface area contributed by atoms with Crippen LogP contribution in [0.2, 0.25) is 0 Å². The Bertz CT molecular complexity index is 1020. The number of hydrogen-bond donors (Lipinski definition) is 3. The zero-order valence-corrected chi connectivity index (χ0v) is 15.6. The van der Waals surface area contributed by atoms with E-state index in [0.717, 1.165) is 33.2 Å². The van der Waals surface area contributed by atoms with Gasteiger partial charge in [0.15, 0.2) is 0 Å². The van der Waals surface area contributed by atoms with Crippen LogP contribution in [0.25, 0.3) is 10.8 Å². The summed E-state index contributed by atoms with van der Waals surface area (Å²) in [5, 5.41) is 17.2. The normalized spacial score (nSPS) is 10.6. The highest BCUT2D eigenvalue weighted by Gasteiger charge is 2.14. The molecule has 2 amide bonds. The first-order chi connectivity index (χ1) is 12.8. The standard InChI is InChI=1S/C22H22N2O3/c1-13-8-14(2)21(15(3)9-13)24-20(26)12-23-22(27)18-10-16-6-4-5-7-17(16)11-19(18)25/h4-11,25H,12H2,1-3H3,(H,23,27)(H,24,26).